The Balaban J connectivity index is 2.24. The summed E-state index contributed by atoms with van der Waals surface area (Å²) in [5, 5.41) is 0. The highest BCUT2D eigenvalue weighted by molar-refractivity contribution is 5.98. The highest BCUT2D eigenvalue weighted by Crippen LogP contribution is 2.32. The minimum Gasteiger partial charge on any atom is -0.398 e. The molecule has 5 heteroatoms. The molecule has 1 aliphatic rings. The molecule has 1 aromatic carbocycles. The van der Waals surface area contributed by atoms with Gasteiger partial charge in [0.2, 0.25) is 11.8 Å². The van der Waals surface area contributed by atoms with Gasteiger partial charge in [-0.1, -0.05) is 19.9 Å². The van der Waals surface area contributed by atoms with E-state index in [0.717, 1.165) is 4.90 Å². The summed E-state index contributed by atoms with van der Waals surface area (Å²) in [5.41, 5.74) is 5.82. The van der Waals surface area contributed by atoms with Gasteiger partial charge in [-0.25, -0.2) is 4.39 Å². The number of nitrogens with zero attached hydrogens (tertiary/aromatic N) is 1. The number of nitrogen functional groups attached to an aromatic ring is 1. The molecule has 2 N–H and O–H groups in total. The molecular weight excluding hydrogens is 247 g/mol. The van der Waals surface area contributed by atoms with E-state index >= 15 is 0 Å². The van der Waals surface area contributed by atoms with Crippen LogP contribution >= 0.6 is 0 Å². The Labute approximate surface area is 111 Å². The maximum absolute atomic E-state index is 13.7. The van der Waals surface area contributed by atoms with E-state index in [2.05, 4.69) is 0 Å². The molecule has 0 atom stereocenters. The average molecular weight is 264 g/mol. The molecule has 0 aromatic heterocycles. The average Bonchev–Trinajstić information content (AvgIpc) is 2.25. The van der Waals surface area contributed by atoms with Crippen LogP contribution in [0.15, 0.2) is 18.2 Å². The molecule has 0 unspecified atom stereocenters. The topological polar surface area (TPSA) is 63.4 Å². The minimum atomic E-state index is -0.495. The van der Waals surface area contributed by atoms with Crippen LogP contribution in [0.4, 0.5) is 10.1 Å². The molecule has 1 fully saturated rings. The van der Waals surface area contributed by atoms with E-state index < -0.39 is 5.82 Å². The number of nitrogens with two attached hydrogens (primary N) is 1. The van der Waals surface area contributed by atoms with Crippen molar-refractivity contribution in [3.8, 4) is 0 Å². The van der Waals surface area contributed by atoms with Crippen LogP contribution < -0.4 is 5.73 Å². The minimum absolute atomic E-state index is 0.0910. The Bertz CT molecular complexity index is 500. The van der Waals surface area contributed by atoms with Gasteiger partial charge in [-0.15, -0.1) is 0 Å². The number of piperidine rings is 1. The number of imide groups is 1. The first-order valence-electron chi connectivity index (χ1n) is 6.16. The van der Waals surface area contributed by atoms with Gasteiger partial charge < -0.3 is 5.73 Å². The normalized spacial score (nSPS) is 18.8. The maximum Gasteiger partial charge on any atom is 0.230 e. The first-order chi connectivity index (χ1) is 8.80. The monoisotopic (exact) mass is 264 g/mol. The van der Waals surface area contributed by atoms with Gasteiger partial charge in [-0.05, 0) is 17.5 Å². The molecule has 2 amide bonds. The number of likely N-dealkylation sites (tertiary alicyclic amines) is 1. The van der Waals surface area contributed by atoms with Crippen molar-refractivity contribution in [2.75, 3.05) is 5.73 Å². The summed E-state index contributed by atoms with van der Waals surface area (Å²) < 4.78 is 13.7. The zero-order valence-corrected chi connectivity index (χ0v) is 11.1. The van der Waals surface area contributed by atoms with Gasteiger partial charge in [-0.2, -0.15) is 0 Å². The summed E-state index contributed by atoms with van der Waals surface area (Å²) in [6.45, 7) is 3.65. The summed E-state index contributed by atoms with van der Waals surface area (Å²) in [7, 11) is 0. The van der Waals surface area contributed by atoms with Crippen molar-refractivity contribution in [3.63, 3.8) is 0 Å². The van der Waals surface area contributed by atoms with E-state index in [1.807, 2.05) is 13.8 Å². The summed E-state index contributed by atoms with van der Waals surface area (Å²) in [6.07, 6.45) is 0.570. The van der Waals surface area contributed by atoms with E-state index in [-0.39, 0.29) is 47.9 Å². The number of hydrogen-bond acceptors (Lipinski definition) is 3. The fraction of sp³-hybridized carbons (Fsp3) is 0.429. The second-order valence-electron chi connectivity index (χ2n) is 5.70. The van der Waals surface area contributed by atoms with Crippen molar-refractivity contribution in [2.45, 2.75) is 33.2 Å². The van der Waals surface area contributed by atoms with Gasteiger partial charge in [0.15, 0.2) is 0 Å². The van der Waals surface area contributed by atoms with Crippen molar-refractivity contribution in [1.29, 1.82) is 0 Å². The van der Waals surface area contributed by atoms with Crippen molar-refractivity contribution >= 4 is 17.5 Å². The fourth-order valence-corrected chi connectivity index (χ4v) is 2.29. The number of hydrogen-bond donors (Lipinski definition) is 1. The van der Waals surface area contributed by atoms with Crippen LogP contribution in [0.25, 0.3) is 0 Å². The zero-order chi connectivity index (χ0) is 14.2. The highest BCUT2D eigenvalue weighted by Gasteiger charge is 2.37. The van der Waals surface area contributed by atoms with Crippen molar-refractivity contribution in [2.24, 2.45) is 5.41 Å². The summed E-state index contributed by atoms with van der Waals surface area (Å²) in [6, 6.07) is 4.33. The van der Waals surface area contributed by atoms with Gasteiger partial charge >= 0.3 is 0 Å². The van der Waals surface area contributed by atoms with Gasteiger partial charge in [0.05, 0.1) is 6.54 Å². The second kappa shape index (κ2) is 4.64. The molecular formula is C14H17FN2O2. The molecule has 0 saturated carbocycles. The lowest BCUT2D eigenvalue weighted by Crippen LogP contribution is -2.45. The summed E-state index contributed by atoms with van der Waals surface area (Å²) >= 11 is 0. The van der Waals surface area contributed by atoms with E-state index in [9.17, 15) is 14.0 Å². The Hall–Kier alpha value is -1.91. The van der Waals surface area contributed by atoms with Crippen molar-refractivity contribution in [3.05, 3.63) is 29.6 Å². The zero-order valence-electron chi connectivity index (χ0n) is 11.1. The lowest BCUT2D eigenvalue weighted by atomic mass is 9.81. The standard InChI is InChI=1S/C14H17FN2O2/c1-14(2)6-12(18)17(13(19)7-14)8-9-10(15)4-3-5-11(9)16/h3-5H,6-8,16H2,1-2H3. The Kier molecular flexibility index (Phi) is 3.30. The van der Waals surface area contributed by atoms with Gasteiger partial charge in [0, 0.05) is 24.1 Å². The number of carbonyl (C=O) groups is 2. The number of anilines is 1. The van der Waals surface area contributed by atoms with Crippen LogP contribution in [0, 0.1) is 11.2 Å². The molecule has 0 aliphatic carbocycles. The SMILES string of the molecule is CC1(C)CC(=O)N(Cc2c(N)cccc2F)C(=O)C1. The molecule has 1 saturated heterocycles. The Morgan fingerprint density at radius 3 is 2.37 bits per heavy atom. The lowest BCUT2D eigenvalue weighted by molar-refractivity contribution is -0.153. The predicted molar refractivity (Wildman–Crippen MR) is 69.4 cm³/mol. The van der Waals surface area contributed by atoms with Crippen LogP contribution in [0.3, 0.4) is 0 Å². The predicted octanol–water partition coefficient (Wildman–Crippen LogP) is 2.08. The molecule has 1 aromatic rings. The molecule has 4 nitrogen and oxygen atoms in total. The van der Waals surface area contributed by atoms with Crippen LogP contribution in [0.1, 0.15) is 32.3 Å². The number of halogens is 1. The molecule has 0 spiro atoms. The lowest BCUT2D eigenvalue weighted by Gasteiger charge is -2.34. The second-order valence-corrected chi connectivity index (χ2v) is 5.70. The van der Waals surface area contributed by atoms with Gasteiger partial charge in [0.25, 0.3) is 0 Å². The Morgan fingerprint density at radius 1 is 1.26 bits per heavy atom. The molecule has 1 aliphatic heterocycles. The summed E-state index contributed by atoms with van der Waals surface area (Å²) in [4.78, 5) is 25.1. The molecule has 102 valence electrons. The maximum atomic E-state index is 13.7. The largest absolute Gasteiger partial charge is 0.398 e. The quantitative estimate of drug-likeness (QED) is 0.657. The van der Waals surface area contributed by atoms with E-state index in [4.69, 9.17) is 5.73 Å². The highest BCUT2D eigenvalue weighted by atomic mass is 19.1. The third-order valence-corrected chi connectivity index (χ3v) is 3.33. The van der Waals surface area contributed by atoms with Crippen LogP contribution in [0.5, 0.6) is 0 Å². The van der Waals surface area contributed by atoms with Gasteiger partial charge in [0.1, 0.15) is 5.82 Å². The molecule has 1 heterocycles. The molecule has 0 bridgehead atoms. The first-order valence-corrected chi connectivity index (χ1v) is 6.16. The van der Waals surface area contributed by atoms with Crippen LogP contribution in [-0.4, -0.2) is 16.7 Å². The smallest absolute Gasteiger partial charge is 0.230 e. The molecule has 0 radical (unpaired) electrons. The number of carbonyl (C=O) groups excluding carboxylic acids is 2. The fourth-order valence-electron chi connectivity index (χ4n) is 2.29. The third kappa shape index (κ3) is 2.75. The van der Waals surface area contributed by atoms with Crippen LogP contribution in [0.2, 0.25) is 0 Å². The Morgan fingerprint density at radius 2 is 1.84 bits per heavy atom. The third-order valence-electron chi connectivity index (χ3n) is 3.33. The molecule has 19 heavy (non-hydrogen) atoms. The molecule has 2 rings (SSSR count). The van der Waals surface area contributed by atoms with Crippen LogP contribution in [-0.2, 0) is 16.1 Å². The number of rotatable bonds is 2. The van der Waals surface area contributed by atoms with E-state index in [1.165, 1.54) is 12.1 Å². The van der Waals surface area contributed by atoms with E-state index in [0.29, 0.717) is 0 Å². The van der Waals surface area contributed by atoms with E-state index in [1.54, 1.807) is 6.07 Å². The number of benzene rings is 1. The number of amides is 2. The first kappa shape index (κ1) is 13.5. The van der Waals surface area contributed by atoms with Crippen molar-refractivity contribution in [1.82, 2.24) is 4.90 Å². The van der Waals surface area contributed by atoms with Gasteiger partial charge in [-0.3, -0.25) is 14.5 Å². The summed E-state index contributed by atoms with van der Waals surface area (Å²) in [5.74, 6) is -1.04. The van der Waals surface area contributed by atoms with Crippen molar-refractivity contribution < 1.29 is 14.0 Å².